The molecule has 9 nitrogen and oxygen atoms in total. The Hall–Kier alpha value is -3.01. The van der Waals surface area contributed by atoms with E-state index in [2.05, 4.69) is 74.6 Å². The van der Waals surface area contributed by atoms with Gasteiger partial charge < -0.3 is 28.5 Å². The summed E-state index contributed by atoms with van der Waals surface area (Å²) >= 11 is 0. The fraction of sp³-hybridized carbons (Fsp3) is 0.768. The van der Waals surface area contributed by atoms with Gasteiger partial charge in [-0.3, -0.25) is 9.59 Å². The largest absolute Gasteiger partial charge is 0.477 e. The van der Waals surface area contributed by atoms with Gasteiger partial charge in [0, 0.05) is 12.8 Å². The molecule has 0 aliphatic rings. The Morgan fingerprint density at radius 3 is 1.32 bits per heavy atom. The number of carbonyl (C=O) groups is 3. The monoisotopic (exact) mass is 915 g/mol. The van der Waals surface area contributed by atoms with Gasteiger partial charge in [-0.05, 0) is 77.0 Å². The van der Waals surface area contributed by atoms with Crippen LogP contribution >= 0.6 is 0 Å². The zero-order chi connectivity index (χ0) is 47.7. The van der Waals surface area contributed by atoms with Crippen LogP contribution in [0.3, 0.4) is 0 Å². The number of esters is 2. The van der Waals surface area contributed by atoms with Crippen molar-refractivity contribution in [1.82, 2.24) is 0 Å². The zero-order valence-electron chi connectivity index (χ0n) is 42.6. The summed E-state index contributed by atoms with van der Waals surface area (Å²) in [5, 5.41) is 9.67. The smallest absolute Gasteiger partial charge is 0.361 e. The molecular weight excluding hydrogens is 815 g/mol. The molecule has 0 bridgehead atoms. The summed E-state index contributed by atoms with van der Waals surface area (Å²) in [5.41, 5.74) is 0. The number of carboxylic acids is 1. The number of quaternary nitrogens is 1. The van der Waals surface area contributed by atoms with E-state index in [4.69, 9.17) is 18.9 Å². The molecule has 0 rings (SSSR count). The number of rotatable bonds is 48. The van der Waals surface area contributed by atoms with E-state index >= 15 is 0 Å². The average molecular weight is 915 g/mol. The van der Waals surface area contributed by atoms with Crippen molar-refractivity contribution < 1.29 is 42.9 Å². The molecule has 0 aromatic rings. The minimum Gasteiger partial charge on any atom is -0.477 e. The Balaban J connectivity index is 4.23. The number of unbranched alkanes of at least 4 members (excludes halogenated alkanes) is 23. The molecule has 0 saturated heterocycles. The first-order valence-corrected chi connectivity index (χ1v) is 26.5. The number of hydrogen-bond acceptors (Lipinski definition) is 7. The third-order valence-electron chi connectivity index (χ3n) is 11.3. The fourth-order valence-corrected chi connectivity index (χ4v) is 7.17. The summed E-state index contributed by atoms with van der Waals surface area (Å²) < 4.78 is 22.8. The van der Waals surface area contributed by atoms with E-state index in [9.17, 15) is 19.5 Å². The lowest BCUT2D eigenvalue weighted by molar-refractivity contribution is -0.870. The lowest BCUT2D eigenvalue weighted by Gasteiger charge is -2.25. The van der Waals surface area contributed by atoms with Crippen molar-refractivity contribution in [1.29, 1.82) is 0 Å². The van der Waals surface area contributed by atoms with Gasteiger partial charge >= 0.3 is 17.9 Å². The van der Waals surface area contributed by atoms with E-state index < -0.39 is 24.3 Å². The van der Waals surface area contributed by atoms with Crippen LogP contribution in [0.1, 0.15) is 219 Å². The molecule has 9 heteroatoms. The molecule has 0 aliphatic heterocycles. The summed E-state index contributed by atoms with van der Waals surface area (Å²) in [5.74, 6) is -2.02. The summed E-state index contributed by atoms with van der Waals surface area (Å²) in [6.45, 7) is 4.74. The second kappa shape index (κ2) is 47.5. The van der Waals surface area contributed by atoms with Crippen LogP contribution in [0.4, 0.5) is 0 Å². The Kier molecular flexibility index (Phi) is 45.3. The van der Waals surface area contributed by atoms with Gasteiger partial charge in [-0.15, -0.1) is 0 Å². The van der Waals surface area contributed by atoms with Crippen molar-refractivity contribution in [3.8, 4) is 0 Å². The maximum Gasteiger partial charge on any atom is 0.361 e. The number of carbonyl (C=O) groups excluding carboxylic acids is 2. The van der Waals surface area contributed by atoms with Gasteiger partial charge in [0.25, 0.3) is 6.29 Å². The Labute approximate surface area is 399 Å². The lowest BCUT2D eigenvalue weighted by Crippen LogP contribution is -2.40. The third-order valence-corrected chi connectivity index (χ3v) is 11.3. The Morgan fingerprint density at radius 2 is 0.877 bits per heavy atom. The molecule has 0 spiro atoms. The standard InChI is InChI=1S/C56H99NO8/c1-6-8-10-12-14-16-18-20-21-22-23-24-25-26-27-28-29-30-31-32-33-35-37-39-41-43-45-47-54(59)65-52(51-64-56(55(60)61)62-49-48-57(3,4)5)50-63-53(58)46-44-42-40-38-36-34-19-17-15-13-11-9-7-2/h8,10,14,16-17,19-21,23-24,52,56H,6-7,9,11-13,15,18,22,25-51H2,1-5H3/p+1/b10-8-,16-14-,19-17-,21-20-,24-23-. The number of nitrogens with zero attached hydrogens (tertiary/aromatic N) is 1. The molecule has 0 radical (unpaired) electrons. The third kappa shape index (κ3) is 48.7. The molecule has 0 aromatic carbocycles. The van der Waals surface area contributed by atoms with Crippen molar-refractivity contribution in [2.24, 2.45) is 0 Å². The topological polar surface area (TPSA) is 108 Å². The average Bonchev–Trinajstić information content (AvgIpc) is 3.27. The number of likely N-dealkylation sites (N-methyl/N-ethyl adjacent to an activating group) is 1. The van der Waals surface area contributed by atoms with Gasteiger partial charge in [0.1, 0.15) is 13.2 Å². The van der Waals surface area contributed by atoms with E-state index in [1.165, 1.54) is 109 Å². The van der Waals surface area contributed by atoms with Crippen LogP contribution < -0.4 is 0 Å². The zero-order valence-corrected chi connectivity index (χ0v) is 42.6. The van der Waals surface area contributed by atoms with Crippen molar-refractivity contribution in [2.75, 3.05) is 47.5 Å². The van der Waals surface area contributed by atoms with E-state index in [-0.39, 0.29) is 32.2 Å². The maximum absolute atomic E-state index is 12.8. The van der Waals surface area contributed by atoms with Crippen LogP contribution in [0, 0.1) is 0 Å². The molecule has 1 N–H and O–H groups in total. The van der Waals surface area contributed by atoms with Gasteiger partial charge in [-0.1, -0.05) is 190 Å². The molecule has 0 fully saturated rings. The first-order valence-electron chi connectivity index (χ1n) is 26.5. The van der Waals surface area contributed by atoms with Crippen molar-refractivity contribution in [3.63, 3.8) is 0 Å². The molecule has 65 heavy (non-hydrogen) atoms. The van der Waals surface area contributed by atoms with Gasteiger partial charge in [-0.2, -0.15) is 0 Å². The van der Waals surface area contributed by atoms with Crippen molar-refractivity contribution >= 4 is 17.9 Å². The van der Waals surface area contributed by atoms with Crippen LogP contribution in [-0.2, 0) is 33.3 Å². The van der Waals surface area contributed by atoms with Gasteiger partial charge in [-0.25, -0.2) is 4.79 Å². The van der Waals surface area contributed by atoms with E-state index in [1.807, 2.05) is 21.1 Å². The quantitative estimate of drug-likeness (QED) is 0.0211. The molecule has 376 valence electrons. The highest BCUT2D eigenvalue weighted by molar-refractivity contribution is 5.71. The van der Waals surface area contributed by atoms with Crippen molar-refractivity contribution in [2.45, 2.75) is 232 Å². The minimum atomic E-state index is -1.51. The molecule has 0 aromatic heterocycles. The number of aliphatic carboxylic acids is 1. The normalized spacial score (nSPS) is 13.3. The number of ether oxygens (including phenoxy) is 4. The van der Waals surface area contributed by atoms with E-state index in [0.29, 0.717) is 17.4 Å². The van der Waals surface area contributed by atoms with Crippen LogP contribution in [0.2, 0.25) is 0 Å². The number of hydrogen-bond donors (Lipinski definition) is 1. The summed E-state index contributed by atoms with van der Waals surface area (Å²) in [4.78, 5) is 37.3. The SMILES string of the molecule is CC/C=C\C/C=C\C/C=C\C/C=C\CCCCCCCCCCCCCCCCC(=O)OC(COC(=O)CCCCCCC/C=C\CCCCCC)COC(OCC[N+](C)(C)C)C(=O)O. The van der Waals surface area contributed by atoms with Crippen LogP contribution in [0.15, 0.2) is 60.8 Å². The van der Waals surface area contributed by atoms with Gasteiger partial charge in [0.2, 0.25) is 0 Å². The Morgan fingerprint density at radius 1 is 0.477 bits per heavy atom. The van der Waals surface area contributed by atoms with Gasteiger partial charge in [0.15, 0.2) is 6.10 Å². The fourth-order valence-electron chi connectivity index (χ4n) is 7.17. The predicted octanol–water partition coefficient (Wildman–Crippen LogP) is 14.9. The molecule has 2 unspecified atom stereocenters. The molecule has 0 amide bonds. The van der Waals surface area contributed by atoms with Crippen LogP contribution in [0.25, 0.3) is 0 Å². The van der Waals surface area contributed by atoms with Gasteiger partial charge in [0.05, 0.1) is 34.4 Å². The minimum absolute atomic E-state index is 0.185. The summed E-state index contributed by atoms with van der Waals surface area (Å²) in [7, 11) is 5.96. The summed E-state index contributed by atoms with van der Waals surface area (Å²) in [6.07, 6.45) is 55.8. The van der Waals surface area contributed by atoms with E-state index in [0.717, 1.165) is 83.5 Å². The first-order chi connectivity index (χ1) is 31.6. The molecule has 0 aliphatic carbocycles. The van der Waals surface area contributed by atoms with Crippen LogP contribution in [-0.4, -0.2) is 87.4 Å². The maximum atomic E-state index is 12.8. The summed E-state index contributed by atoms with van der Waals surface area (Å²) in [6, 6.07) is 0. The number of carboxylic acid groups (broad SMARTS) is 1. The van der Waals surface area contributed by atoms with Crippen molar-refractivity contribution in [3.05, 3.63) is 60.8 Å². The molecule has 0 saturated carbocycles. The molecule has 2 atom stereocenters. The highest BCUT2D eigenvalue weighted by atomic mass is 16.7. The second-order valence-electron chi connectivity index (χ2n) is 18.8. The molecule has 0 heterocycles. The van der Waals surface area contributed by atoms with Crippen LogP contribution in [0.5, 0.6) is 0 Å². The number of allylic oxidation sites excluding steroid dienone is 10. The highest BCUT2D eigenvalue weighted by Gasteiger charge is 2.25. The Bertz CT molecular complexity index is 1250. The predicted molar refractivity (Wildman–Crippen MR) is 272 cm³/mol. The molecular formula is C56H100NO8+. The first kappa shape index (κ1) is 62.0. The van der Waals surface area contributed by atoms with E-state index in [1.54, 1.807) is 0 Å². The second-order valence-corrected chi connectivity index (χ2v) is 18.8. The lowest BCUT2D eigenvalue weighted by atomic mass is 10.0. The highest BCUT2D eigenvalue weighted by Crippen LogP contribution is 2.15.